The van der Waals surface area contributed by atoms with Crippen LogP contribution in [0.5, 0.6) is 0 Å². The first kappa shape index (κ1) is 13.4. The number of methoxy groups -OCH3 is 1. The van der Waals surface area contributed by atoms with Gasteiger partial charge in [0.25, 0.3) is 0 Å². The van der Waals surface area contributed by atoms with Crippen molar-refractivity contribution in [3.63, 3.8) is 0 Å². The van der Waals surface area contributed by atoms with Gasteiger partial charge in [-0.15, -0.1) is 0 Å². The first-order valence-corrected chi connectivity index (χ1v) is 4.50. The fraction of sp³-hybridized carbons (Fsp3) is 0.500. The molecule has 15 heavy (non-hydrogen) atoms. The normalized spacial score (nSPS) is 12.9. The molecule has 84 valence electrons. The topological polar surface area (TPSA) is 81.8 Å². The number of hydrogen-bond donors (Lipinski definition) is 1. The quantitative estimate of drug-likeness (QED) is 0.412. The van der Waals surface area contributed by atoms with E-state index in [-0.39, 0.29) is 23.0 Å². The number of rotatable bonds is 4. The zero-order valence-electron chi connectivity index (χ0n) is 9.40. The summed E-state index contributed by atoms with van der Waals surface area (Å²) < 4.78 is 4.43. The van der Waals surface area contributed by atoms with Gasteiger partial charge in [0.15, 0.2) is 5.78 Å². The molecule has 0 atom stereocenters. The SMILES string of the molecule is CN=C/C(C(=O)C(C)C)=C(\N)C(=O)OC. The van der Waals surface area contributed by atoms with E-state index in [1.807, 2.05) is 0 Å². The Balaban J connectivity index is 5.29. The van der Waals surface area contributed by atoms with Crippen molar-refractivity contribution in [1.82, 2.24) is 0 Å². The molecule has 5 heteroatoms. The number of ketones is 1. The fourth-order valence-corrected chi connectivity index (χ4v) is 0.926. The van der Waals surface area contributed by atoms with Crippen molar-refractivity contribution in [2.45, 2.75) is 13.8 Å². The van der Waals surface area contributed by atoms with E-state index in [0.717, 1.165) is 0 Å². The molecule has 0 amide bonds. The molecule has 5 nitrogen and oxygen atoms in total. The fourth-order valence-electron chi connectivity index (χ4n) is 0.926. The predicted molar refractivity (Wildman–Crippen MR) is 57.5 cm³/mol. The van der Waals surface area contributed by atoms with E-state index in [1.165, 1.54) is 20.4 Å². The monoisotopic (exact) mass is 212 g/mol. The molecule has 0 aliphatic rings. The van der Waals surface area contributed by atoms with Crippen LogP contribution in [0.25, 0.3) is 0 Å². The Morgan fingerprint density at radius 2 is 1.93 bits per heavy atom. The molecule has 0 aliphatic heterocycles. The van der Waals surface area contributed by atoms with E-state index in [1.54, 1.807) is 13.8 Å². The molecule has 0 aromatic heterocycles. The van der Waals surface area contributed by atoms with Gasteiger partial charge >= 0.3 is 5.97 Å². The summed E-state index contributed by atoms with van der Waals surface area (Å²) in [5.41, 5.74) is 5.38. The highest BCUT2D eigenvalue weighted by Gasteiger charge is 2.19. The van der Waals surface area contributed by atoms with Crippen LogP contribution in [-0.4, -0.2) is 32.1 Å². The van der Waals surface area contributed by atoms with Crippen molar-refractivity contribution in [2.75, 3.05) is 14.2 Å². The highest BCUT2D eigenvalue weighted by Crippen LogP contribution is 2.07. The molecule has 0 bridgehead atoms. The molecule has 0 heterocycles. The Morgan fingerprint density at radius 3 is 2.27 bits per heavy atom. The second kappa shape index (κ2) is 5.95. The number of hydrogen-bond acceptors (Lipinski definition) is 5. The molecule has 0 saturated carbocycles. The third-order valence-electron chi connectivity index (χ3n) is 1.74. The summed E-state index contributed by atoms with van der Waals surface area (Å²) >= 11 is 0. The highest BCUT2D eigenvalue weighted by atomic mass is 16.5. The lowest BCUT2D eigenvalue weighted by atomic mass is 10.0. The Bertz CT molecular complexity index is 317. The summed E-state index contributed by atoms with van der Waals surface area (Å²) in [6.45, 7) is 3.44. The average molecular weight is 212 g/mol. The summed E-state index contributed by atoms with van der Waals surface area (Å²) in [5.74, 6) is -1.20. The number of carbonyl (C=O) groups excluding carboxylic acids is 2. The van der Waals surface area contributed by atoms with E-state index in [2.05, 4.69) is 9.73 Å². The van der Waals surface area contributed by atoms with Gasteiger partial charge in [0.05, 0.1) is 12.7 Å². The first-order valence-electron chi connectivity index (χ1n) is 4.50. The zero-order valence-corrected chi connectivity index (χ0v) is 9.40. The number of aliphatic imine (C=N–C) groups is 1. The number of esters is 1. The van der Waals surface area contributed by atoms with Crippen LogP contribution in [0, 0.1) is 5.92 Å². The second-order valence-electron chi connectivity index (χ2n) is 3.23. The Kier molecular flexibility index (Phi) is 5.30. The smallest absolute Gasteiger partial charge is 0.354 e. The number of carbonyl (C=O) groups is 2. The number of ether oxygens (including phenoxy) is 1. The van der Waals surface area contributed by atoms with Crippen LogP contribution in [0.3, 0.4) is 0 Å². The molecular formula is C10H16N2O3. The summed E-state index contributed by atoms with van der Waals surface area (Å²) in [6, 6.07) is 0. The lowest BCUT2D eigenvalue weighted by molar-refractivity contribution is -0.136. The molecule has 0 rings (SSSR count). The van der Waals surface area contributed by atoms with E-state index in [4.69, 9.17) is 5.73 Å². The summed E-state index contributed by atoms with van der Waals surface area (Å²) in [5, 5.41) is 0. The molecule has 2 N–H and O–H groups in total. The highest BCUT2D eigenvalue weighted by molar-refractivity contribution is 6.18. The Hall–Kier alpha value is -1.65. The van der Waals surface area contributed by atoms with Gasteiger partial charge in [-0.2, -0.15) is 0 Å². The van der Waals surface area contributed by atoms with Gasteiger partial charge in [0.2, 0.25) is 0 Å². The van der Waals surface area contributed by atoms with Crippen LogP contribution in [0.1, 0.15) is 13.8 Å². The van der Waals surface area contributed by atoms with Gasteiger partial charge in [-0.3, -0.25) is 9.79 Å². The van der Waals surface area contributed by atoms with Crippen molar-refractivity contribution in [2.24, 2.45) is 16.6 Å². The van der Waals surface area contributed by atoms with Crippen molar-refractivity contribution in [3.8, 4) is 0 Å². The number of nitrogens with two attached hydrogens (primary N) is 1. The van der Waals surface area contributed by atoms with Crippen LogP contribution in [0.4, 0.5) is 0 Å². The minimum absolute atomic E-state index is 0.0966. The third kappa shape index (κ3) is 3.53. The van der Waals surface area contributed by atoms with Crippen LogP contribution in [-0.2, 0) is 14.3 Å². The first-order chi connectivity index (χ1) is 6.95. The van der Waals surface area contributed by atoms with Gasteiger partial charge in [0.1, 0.15) is 5.70 Å². The maximum Gasteiger partial charge on any atom is 0.354 e. The van der Waals surface area contributed by atoms with Crippen molar-refractivity contribution < 1.29 is 14.3 Å². The molecule has 0 aromatic rings. The molecule has 0 spiro atoms. The van der Waals surface area contributed by atoms with E-state index >= 15 is 0 Å². The van der Waals surface area contributed by atoms with Crippen molar-refractivity contribution in [3.05, 3.63) is 11.3 Å². The van der Waals surface area contributed by atoms with Gasteiger partial charge in [-0.25, -0.2) is 4.79 Å². The largest absolute Gasteiger partial charge is 0.464 e. The minimum Gasteiger partial charge on any atom is -0.464 e. The van der Waals surface area contributed by atoms with Crippen LogP contribution < -0.4 is 5.73 Å². The van der Waals surface area contributed by atoms with Crippen LogP contribution in [0.15, 0.2) is 16.3 Å². The molecule has 0 radical (unpaired) electrons. The van der Waals surface area contributed by atoms with Crippen LogP contribution in [0.2, 0.25) is 0 Å². The second-order valence-corrected chi connectivity index (χ2v) is 3.23. The standard InChI is InChI=1S/C10H16N2O3/c1-6(2)9(13)7(5-12-3)8(11)10(14)15-4/h5-6H,11H2,1-4H3/b8-7+,12-5?. The number of nitrogens with zero attached hydrogens (tertiary/aromatic N) is 1. The molecule has 0 aromatic carbocycles. The van der Waals surface area contributed by atoms with Gasteiger partial charge in [-0.1, -0.05) is 13.8 Å². The number of allylic oxidation sites excluding steroid dienone is 1. The van der Waals surface area contributed by atoms with Crippen molar-refractivity contribution >= 4 is 18.0 Å². The predicted octanol–water partition coefficient (Wildman–Crippen LogP) is 0.298. The zero-order chi connectivity index (χ0) is 12.0. The van der Waals surface area contributed by atoms with Crippen LogP contribution >= 0.6 is 0 Å². The minimum atomic E-state index is -0.723. The molecule has 0 unspecified atom stereocenters. The van der Waals surface area contributed by atoms with E-state index < -0.39 is 5.97 Å². The molecule has 0 fully saturated rings. The molecule has 0 saturated heterocycles. The maximum atomic E-state index is 11.7. The van der Waals surface area contributed by atoms with Gasteiger partial charge in [-0.05, 0) is 0 Å². The maximum absolute atomic E-state index is 11.7. The lowest BCUT2D eigenvalue weighted by Crippen LogP contribution is -2.22. The van der Waals surface area contributed by atoms with Gasteiger partial charge in [0, 0.05) is 19.2 Å². The third-order valence-corrected chi connectivity index (χ3v) is 1.74. The molecular weight excluding hydrogens is 196 g/mol. The van der Waals surface area contributed by atoms with Crippen molar-refractivity contribution in [1.29, 1.82) is 0 Å². The summed E-state index contributed by atoms with van der Waals surface area (Å²) in [4.78, 5) is 26.5. The van der Waals surface area contributed by atoms with Gasteiger partial charge < -0.3 is 10.5 Å². The summed E-state index contributed by atoms with van der Waals surface area (Å²) in [6.07, 6.45) is 1.27. The lowest BCUT2D eigenvalue weighted by Gasteiger charge is -2.07. The summed E-state index contributed by atoms with van der Waals surface area (Å²) in [7, 11) is 2.70. The average Bonchev–Trinajstić information content (AvgIpc) is 2.22. The Labute approximate surface area is 89.0 Å². The van der Waals surface area contributed by atoms with E-state index in [0.29, 0.717) is 0 Å². The van der Waals surface area contributed by atoms with E-state index in [9.17, 15) is 9.59 Å². The number of Topliss-reactive ketones (excluding diaryl/α,β-unsaturated/α-hetero) is 1. The molecule has 0 aliphatic carbocycles. The Morgan fingerprint density at radius 1 is 1.40 bits per heavy atom.